The van der Waals surface area contributed by atoms with Gasteiger partial charge in [-0.1, -0.05) is 19.1 Å². The Kier molecular flexibility index (Phi) is 8.53. The quantitative estimate of drug-likeness (QED) is 0.480. The highest BCUT2D eigenvalue weighted by atomic mass is 127. The molecule has 0 bridgehead atoms. The van der Waals surface area contributed by atoms with E-state index in [0.29, 0.717) is 12.5 Å². The predicted octanol–water partition coefficient (Wildman–Crippen LogP) is 2.44. The molecule has 18 heavy (non-hydrogen) atoms. The van der Waals surface area contributed by atoms with E-state index in [1.165, 1.54) is 0 Å². The van der Waals surface area contributed by atoms with Crippen LogP contribution in [0.1, 0.15) is 24.5 Å². The summed E-state index contributed by atoms with van der Waals surface area (Å²) >= 11 is 0. The Balaban J connectivity index is 0.00000289. The van der Waals surface area contributed by atoms with E-state index in [1.54, 1.807) is 7.11 Å². The number of halogens is 1. The maximum atomic E-state index is 5.72. The van der Waals surface area contributed by atoms with E-state index in [1.807, 2.05) is 19.1 Å². The number of guanidine groups is 1. The van der Waals surface area contributed by atoms with Gasteiger partial charge in [-0.25, -0.2) is 4.99 Å². The van der Waals surface area contributed by atoms with Crippen LogP contribution in [-0.2, 0) is 6.54 Å². The van der Waals surface area contributed by atoms with Gasteiger partial charge in [0.25, 0.3) is 0 Å². The molecule has 0 radical (unpaired) electrons. The van der Waals surface area contributed by atoms with E-state index >= 15 is 0 Å². The van der Waals surface area contributed by atoms with Gasteiger partial charge in [0.05, 0.1) is 13.7 Å². The molecule has 0 unspecified atom stereocenters. The number of aryl methyl sites for hydroxylation is 1. The lowest BCUT2D eigenvalue weighted by Crippen LogP contribution is -2.32. The second-order valence-corrected chi connectivity index (χ2v) is 3.93. The van der Waals surface area contributed by atoms with Crippen LogP contribution in [0, 0.1) is 6.92 Å². The zero-order valence-electron chi connectivity index (χ0n) is 11.2. The molecule has 3 N–H and O–H groups in total. The van der Waals surface area contributed by atoms with Crippen molar-refractivity contribution in [1.29, 1.82) is 0 Å². The van der Waals surface area contributed by atoms with Crippen LogP contribution >= 0.6 is 24.0 Å². The van der Waals surface area contributed by atoms with Crippen molar-refractivity contribution in [2.24, 2.45) is 10.7 Å². The molecule has 4 nitrogen and oxygen atoms in total. The van der Waals surface area contributed by atoms with Gasteiger partial charge in [0.2, 0.25) is 0 Å². The van der Waals surface area contributed by atoms with E-state index < -0.39 is 0 Å². The molecule has 0 amide bonds. The van der Waals surface area contributed by atoms with Gasteiger partial charge in [0, 0.05) is 6.54 Å². The summed E-state index contributed by atoms with van der Waals surface area (Å²) in [4.78, 5) is 4.27. The van der Waals surface area contributed by atoms with E-state index in [-0.39, 0.29) is 24.0 Å². The van der Waals surface area contributed by atoms with Gasteiger partial charge in [-0.15, -0.1) is 24.0 Å². The van der Waals surface area contributed by atoms with Crippen molar-refractivity contribution in [2.45, 2.75) is 26.8 Å². The number of nitrogens with one attached hydrogen (secondary N) is 1. The maximum Gasteiger partial charge on any atom is 0.188 e. The van der Waals surface area contributed by atoms with Crippen molar-refractivity contribution < 1.29 is 4.74 Å². The fourth-order valence-corrected chi connectivity index (χ4v) is 1.52. The fourth-order valence-electron chi connectivity index (χ4n) is 1.52. The Morgan fingerprint density at radius 1 is 1.44 bits per heavy atom. The first-order valence-corrected chi connectivity index (χ1v) is 5.84. The average Bonchev–Trinajstić information content (AvgIpc) is 2.34. The zero-order chi connectivity index (χ0) is 12.7. The third-order valence-electron chi connectivity index (χ3n) is 2.45. The van der Waals surface area contributed by atoms with Gasteiger partial charge in [-0.05, 0) is 30.5 Å². The fraction of sp³-hybridized carbons (Fsp3) is 0.462. The highest BCUT2D eigenvalue weighted by Gasteiger charge is 1.99. The molecule has 0 fully saturated rings. The first kappa shape index (κ1) is 17.0. The summed E-state index contributed by atoms with van der Waals surface area (Å²) in [7, 11) is 1.67. The van der Waals surface area contributed by atoms with Crippen LogP contribution < -0.4 is 15.8 Å². The van der Waals surface area contributed by atoms with Crippen molar-refractivity contribution in [3.63, 3.8) is 0 Å². The molecular formula is C13H22IN3O. The zero-order valence-corrected chi connectivity index (χ0v) is 13.5. The van der Waals surface area contributed by atoms with E-state index in [9.17, 15) is 0 Å². The number of aliphatic imine (C=N–C) groups is 1. The molecule has 0 aromatic heterocycles. The number of hydrogen-bond acceptors (Lipinski definition) is 2. The van der Waals surface area contributed by atoms with Crippen molar-refractivity contribution in [2.75, 3.05) is 13.7 Å². The van der Waals surface area contributed by atoms with Gasteiger partial charge in [-0.3, -0.25) is 0 Å². The monoisotopic (exact) mass is 363 g/mol. The summed E-state index contributed by atoms with van der Waals surface area (Å²) < 4.78 is 5.21. The summed E-state index contributed by atoms with van der Waals surface area (Å²) in [6, 6.07) is 6.02. The highest BCUT2D eigenvalue weighted by molar-refractivity contribution is 14.0. The average molecular weight is 363 g/mol. The molecule has 1 rings (SSSR count). The predicted molar refractivity (Wildman–Crippen MR) is 86.8 cm³/mol. The normalized spacial score (nSPS) is 10.7. The topological polar surface area (TPSA) is 59.6 Å². The lowest BCUT2D eigenvalue weighted by molar-refractivity contribution is 0.411. The number of nitrogens with zero attached hydrogens (tertiary/aromatic N) is 1. The largest absolute Gasteiger partial charge is 0.496 e. The molecule has 1 aromatic rings. The minimum absolute atomic E-state index is 0. The molecule has 0 aliphatic rings. The maximum absolute atomic E-state index is 5.72. The summed E-state index contributed by atoms with van der Waals surface area (Å²) in [5, 5.41) is 3.04. The van der Waals surface area contributed by atoms with E-state index in [2.05, 4.69) is 23.3 Å². The van der Waals surface area contributed by atoms with E-state index in [4.69, 9.17) is 10.5 Å². The summed E-state index contributed by atoms with van der Waals surface area (Å²) in [5.74, 6) is 1.40. The summed E-state index contributed by atoms with van der Waals surface area (Å²) in [6.45, 7) is 5.56. The Hall–Kier alpha value is -0.980. The van der Waals surface area contributed by atoms with Gasteiger partial charge < -0.3 is 15.8 Å². The third-order valence-corrected chi connectivity index (χ3v) is 2.45. The smallest absolute Gasteiger partial charge is 0.188 e. The highest BCUT2D eigenvalue weighted by Crippen LogP contribution is 2.18. The van der Waals surface area contributed by atoms with Crippen molar-refractivity contribution in [1.82, 2.24) is 5.32 Å². The van der Waals surface area contributed by atoms with Crippen LogP contribution in [-0.4, -0.2) is 19.6 Å². The summed E-state index contributed by atoms with van der Waals surface area (Å²) in [5.41, 5.74) is 7.96. The third kappa shape index (κ3) is 5.57. The second-order valence-electron chi connectivity index (χ2n) is 3.93. The van der Waals surface area contributed by atoms with Gasteiger partial charge in [-0.2, -0.15) is 0 Å². The lowest BCUT2D eigenvalue weighted by Gasteiger charge is -2.07. The molecule has 0 spiro atoms. The van der Waals surface area contributed by atoms with Gasteiger partial charge in [0.15, 0.2) is 5.96 Å². The molecular weight excluding hydrogens is 341 g/mol. The van der Waals surface area contributed by atoms with Crippen LogP contribution in [0.5, 0.6) is 5.75 Å². The first-order valence-electron chi connectivity index (χ1n) is 5.84. The first-order chi connectivity index (χ1) is 8.17. The Labute approximate surface area is 126 Å². The summed E-state index contributed by atoms with van der Waals surface area (Å²) in [6.07, 6.45) is 1.04. The number of benzene rings is 1. The van der Waals surface area contributed by atoms with Crippen molar-refractivity contribution in [3.05, 3.63) is 29.3 Å². The van der Waals surface area contributed by atoms with Crippen LogP contribution in [0.2, 0.25) is 0 Å². The molecule has 0 aliphatic carbocycles. The van der Waals surface area contributed by atoms with Crippen LogP contribution in [0.4, 0.5) is 0 Å². The molecule has 0 atom stereocenters. The number of rotatable bonds is 5. The number of methoxy groups -OCH3 is 1. The van der Waals surface area contributed by atoms with Crippen molar-refractivity contribution >= 4 is 29.9 Å². The molecule has 0 aliphatic heterocycles. The van der Waals surface area contributed by atoms with Gasteiger partial charge >= 0.3 is 0 Å². The Morgan fingerprint density at radius 3 is 2.72 bits per heavy atom. The minimum atomic E-state index is 0. The lowest BCUT2D eigenvalue weighted by atomic mass is 10.1. The Bertz CT molecular complexity index is 394. The molecule has 0 saturated carbocycles. The number of nitrogens with two attached hydrogens (primary N) is 1. The van der Waals surface area contributed by atoms with Crippen molar-refractivity contribution in [3.8, 4) is 5.75 Å². The number of ether oxygens (including phenoxy) is 1. The molecule has 1 aromatic carbocycles. The molecule has 5 heteroatoms. The van der Waals surface area contributed by atoms with Crippen LogP contribution in [0.25, 0.3) is 0 Å². The van der Waals surface area contributed by atoms with Gasteiger partial charge in [0.1, 0.15) is 5.75 Å². The number of hydrogen-bond donors (Lipinski definition) is 2. The Morgan fingerprint density at radius 2 is 2.17 bits per heavy atom. The standard InChI is InChI=1S/C13H21N3O.HI/c1-4-7-15-13(14)16-9-11-5-6-12(17-3)10(2)8-11;/h5-6,8H,4,7,9H2,1-3H3,(H3,14,15,16);1H. The second kappa shape index (κ2) is 9.02. The SMILES string of the molecule is CCCNC(N)=NCc1ccc(OC)c(C)c1.I. The van der Waals surface area contributed by atoms with Crippen LogP contribution in [0.15, 0.2) is 23.2 Å². The molecule has 0 heterocycles. The minimum Gasteiger partial charge on any atom is -0.496 e. The van der Waals surface area contributed by atoms with Crippen LogP contribution in [0.3, 0.4) is 0 Å². The molecule has 0 saturated heterocycles. The molecule has 102 valence electrons. The van der Waals surface area contributed by atoms with E-state index in [0.717, 1.165) is 29.8 Å².